The molecule has 2 aromatic heterocycles. The molecule has 2 N–H and O–H groups in total. The van der Waals surface area contributed by atoms with Gasteiger partial charge in [-0.1, -0.05) is 44.2 Å². The summed E-state index contributed by atoms with van der Waals surface area (Å²) in [5.74, 6) is 2.97. The van der Waals surface area contributed by atoms with E-state index in [9.17, 15) is 0 Å². The highest BCUT2D eigenvalue weighted by Gasteiger charge is 2.19. The standard InChI is InChI=1S/C34H44N6O/c1-26(2)21-30-22-29(12-16-35-30)36-17-20-40-18-13-28(14-19-40)24-41-31-10-11-32-33(23-31)38-25-39-34(32)37-15-6-9-27-7-4-3-5-8-27/h3-5,7-8,10-12,16,22-23,25-26,28H,6,9,13-15,17-21,24H2,1-2H3,(H,35,36)(H,37,38,39). The molecule has 5 rings (SSSR count). The van der Waals surface area contributed by atoms with Gasteiger partial charge < -0.3 is 20.3 Å². The first-order valence-electron chi connectivity index (χ1n) is 15.2. The van der Waals surface area contributed by atoms with Gasteiger partial charge in [-0.3, -0.25) is 4.98 Å². The lowest BCUT2D eigenvalue weighted by Crippen LogP contribution is -2.38. The van der Waals surface area contributed by atoms with E-state index in [1.165, 1.54) is 24.1 Å². The first-order valence-corrected chi connectivity index (χ1v) is 15.2. The molecule has 41 heavy (non-hydrogen) atoms. The van der Waals surface area contributed by atoms with Crippen LogP contribution in [-0.2, 0) is 12.8 Å². The summed E-state index contributed by atoms with van der Waals surface area (Å²) < 4.78 is 6.24. The van der Waals surface area contributed by atoms with E-state index in [4.69, 9.17) is 4.74 Å². The Balaban J connectivity index is 1.02. The summed E-state index contributed by atoms with van der Waals surface area (Å²) in [6.45, 7) is 10.3. The second-order valence-electron chi connectivity index (χ2n) is 11.6. The van der Waals surface area contributed by atoms with Gasteiger partial charge in [-0.05, 0) is 86.9 Å². The number of fused-ring (bicyclic) bond motifs is 1. The first kappa shape index (κ1) is 28.8. The lowest BCUT2D eigenvalue weighted by atomic mass is 9.98. The third-order valence-corrected chi connectivity index (χ3v) is 7.77. The van der Waals surface area contributed by atoms with Crippen LogP contribution in [0.1, 0.15) is 44.4 Å². The molecular formula is C34H44N6O. The predicted molar refractivity (Wildman–Crippen MR) is 169 cm³/mol. The minimum atomic E-state index is 0.584. The van der Waals surface area contributed by atoms with E-state index in [1.54, 1.807) is 6.33 Å². The van der Waals surface area contributed by atoms with Crippen molar-refractivity contribution in [3.63, 3.8) is 0 Å². The van der Waals surface area contributed by atoms with Gasteiger partial charge in [-0.2, -0.15) is 0 Å². The maximum atomic E-state index is 6.24. The molecule has 7 heteroatoms. The van der Waals surface area contributed by atoms with Gasteiger partial charge >= 0.3 is 0 Å². The Morgan fingerprint density at radius 2 is 1.78 bits per heavy atom. The third-order valence-electron chi connectivity index (χ3n) is 7.77. The number of aryl methyl sites for hydroxylation is 1. The second kappa shape index (κ2) is 14.8. The number of piperidine rings is 1. The second-order valence-corrected chi connectivity index (χ2v) is 11.6. The SMILES string of the molecule is CC(C)Cc1cc(NCCN2CCC(COc3ccc4c(NCCCc5ccccc5)ncnc4c3)CC2)ccn1. The molecule has 0 radical (unpaired) electrons. The van der Waals surface area contributed by atoms with E-state index in [0.29, 0.717) is 11.8 Å². The van der Waals surface area contributed by atoms with Gasteiger partial charge in [-0.15, -0.1) is 0 Å². The Bertz CT molecular complexity index is 1350. The van der Waals surface area contributed by atoms with E-state index < -0.39 is 0 Å². The molecule has 1 saturated heterocycles. The maximum absolute atomic E-state index is 6.24. The van der Waals surface area contributed by atoms with Crippen molar-refractivity contribution in [2.75, 3.05) is 50.0 Å². The minimum absolute atomic E-state index is 0.584. The summed E-state index contributed by atoms with van der Waals surface area (Å²) in [5, 5.41) is 8.11. The zero-order chi connectivity index (χ0) is 28.3. The van der Waals surface area contributed by atoms with Crippen LogP contribution in [0.25, 0.3) is 10.9 Å². The fourth-order valence-electron chi connectivity index (χ4n) is 5.48. The zero-order valence-corrected chi connectivity index (χ0v) is 24.6. The number of aromatic nitrogens is 3. The number of ether oxygens (including phenoxy) is 1. The smallest absolute Gasteiger partial charge is 0.137 e. The zero-order valence-electron chi connectivity index (χ0n) is 24.6. The van der Waals surface area contributed by atoms with Crippen molar-refractivity contribution in [3.05, 3.63) is 84.4 Å². The lowest BCUT2D eigenvalue weighted by Gasteiger charge is -2.31. The molecule has 0 bridgehead atoms. The fourth-order valence-corrected chi connectivity index (χ4v) is 5.48. The molecule has 2 aromatic carbocycles. The molecule has 1 aliphatic heterocycles. The normalized spacial score (nSPS) is 14.4. The number of hydrogen-bond donors (Lipinski definition) is 2. The Labute approximate surface area is 244 Å². The minimum Gasteiger partial charge on any atom is -0.493 e. The largest absolute Gasteiger partial charge is 0.493 e. The van der Waals surface area contributed by atoms with Crippen LogP contribution >= 0.6 is 0 Å². The summed E-state index contributed by atoms with van der Waals surface area (Å²) >= 11 is 0. The topological polar surface area (TPSA) is 75.2 Å². The summed E-state index contributed by atoms with van der Waals surface area (Å²) in [6, 6.07) is 21.0. The third kappa shape index (κ3) is 8.89. The van der Waals surface area contributed by atoms with Crippen LogP contribution in [0.4, 0.5) is 11.5 Å². The predicted octanol–water partition coefficient (Wildman–Crippen LogP) is 6.47. The Morgan fingerprint density at radius 3 is 2.61 bits per heavy atom. The van der Waals surface area contributed by atoms with Crippen molar-refractivity contribution in [2.45, 2.75) is 46.0 Å². The Hall–Kier alpha value is -3.71. The van der Waals surface area contributed by atoms with Crippen LogP contribution < -0.4 is 15.4 Å². The van der Waals surface area contributed by atoms with E-state index >= 15 is 0 Å². The van der Waals surface area contributed by atoms with Gasteiger partial charge in [0.1, 0.15) is 17.9 Å². The van der Waals surface area contributed by atoms with Crippen LogP contribution in [0.3, 0.4) is 0 Å². The first-order chi connectivity index (χ1) is 20.1. The van der Waals surface area contributed by atoms with E-state index in [-0.39, 0.29) is 0 Å². The maximum Gasteiger partial charge on any atom is 0.137 e. The molecular weight excluding hydrogens is 508 g/mol. The number of nitrogens with zero attached hydrogens (tertiary/aromatic N) is 4. The van der Waals surface area contributed by atoms with Crippen LogP contribution in [0.2, 0.25) is 0 Å². The van der Waals surface area contributed by atoms with E-state index in [2.05, 4.69) is 92.9 Å². The highest BCUT2D eigenvalue weighted by atomic mass is 16.5. The average Bonchev–Trinajstić information content (AvgIpc) is 2.99. The van der Waals surface area contributed by atoms with E-state index in [0.717, 1.165) is 86.8 Å². The molecule has 1 fully saturated rings. The summed E-state index contributed by atoms with van der Waals surface area (Å²) in [6.07, 6.45) is 9.01. The molecule has 0 saturated carbocycles. The molecule has 0 amide bonds. The highest BCUT2D eigenvalue weighted by molar-refractivity contribution is 5.89. The summed E-state index contributed by atoms with van der Waals surface area (Å²) in [5.41, 5.74) is 4.61. The van der Waals surface area contributed by atoms with Crippen molar-refractivity contribution in [2.24, 2.45) is 11.8 Å². The van der Waals surface area contributed by atoms with Crippen molar-refractivity contribution in [1.29, 1.82) is 0 Å². The van der Waals surface area contributed by atoms with Crippen molar-refractivity contribution in [3.8, 4) is 5.75 Å². The monoisotopic (exact) mass is 552 g/mol. The number of rotatable bonds is 14. The van der Waals surface area contributed by atoms with Gasteiger partial charge in [0.15, 0.2) is 0 Å². The van der Waals surface area contributed by atoms with E-state index in [1.807, 2.05) is 18.3 Å². The van der Waals surface area contributed by atoms with Crippen molar-refractivity contribution in [1.82, 2.24) is 19.9 Å². The van der Waals surface area contributed by atoms with Crippen LogP contribution in [0.15, 0.2) is 73.2 Å². The molecule has 0 atom stereocenters. The van der Waals surface area contributed by atoms with Gasteiger partial charge in [0.05, 0.1) is 12.1 Å². The molecule has 0 spiro atoms. The van der Waals surface area contributed by atoms with Crippen LogP contribution in [0, 0.1) is 11.8 Å². The molecule has 4 aromatic rings. The quantitative estimate of drug-likeness (QED) is 0.174. The van der Waals surface area contributed by atoms with Gasteiger partial charge in [0.25, 0.3) is 0 Å². The number of hydrogen-bond acceptors (Lipinski definition) is 7. The molecule has 1 aliphatic rings. The molecule has 216 valence electrons. The number of nitrogens with one attached hydrogen (secondary N) is 2. The Morgan fingerprint density at radius 1 is 0.927 bits per heavy atom. The molecule has 0 aliphatic carbocycles. The van der Waals surface area contributed by atoms with Crippen LogP contribution in [-0.4, -0.2) is 59.2 Å². The number of benzene rings is 2. The average molecular weight is 553 g/mol. The van der Waals surface area contributed by atoms with Crippen molar-refractivity contribution >= 4 is 22.4 Å². The molecule has 3 heterocycles. The summed E-state index contributed by atoms with van der Waals surface area (Å²) in [7, 11) is 0. The van der Waals surface area contributed by atoms with Crippen molar-refractivity contribution < 1.29 is 4.74 Å². The van der Waals surface area contributed by atoms with Gasteiger partial charge in [-0.25, -0.2) is 9.97 Å². The number of likely N-dealkylation sites (tertiary alicyclic amines) is 1. The van der Waals surface area contributed by atoms with Gasteiger partial charge in [0, 0.05) is 48.7 Å². The molecule has 0 unspecified atom stereocenters. The number of anilines is 2. The fraction of sp³-hybridized carbons (Fsp3) is 0.441. The Kier molecular flexibility index (Phi) is 10.4. The number of pyridine rings is 1. The lowest BCUT2D eigenvalue weighted by molar-refractivity contribution is 0.145. The summed E-state index contributed by atoms with van der Waals surface area (Å²) in [4.78, 5) is 16.0. The van der Waals surface area contributed by atoms with Gasteiger partial charge in [0.2, 0.25) is 0 Å². The molecule has 7 nitrogen and oxygen atoms in total. The highest BCUT2D eigenvalue weighted by Crippen LogP contribution is 2.25. The van der Waals surface area contributed by atoms with Crippen LogP contribution in [0.5, 0.6) is 5.75 Å².